The highest BCUT2D eigenvalue weighted by Crippen LogP contribution is 2.25. The molecule has 1 N–H and O–H groups in total. The largest absolute Gasteiger partial charge is 0.313 e. The van der Waals surface area contributed by atoms with Crippen molar-refractivity contribution in [1.29, 1.82) is 0 Å². The summed E-state index contributed by atoms with van der Waals surface area (Å²) >= 11 is 0. The molecule has 17 heavy (non-hydrogen) atoms. The Morgan fingerprint density at radius 1 is 1.12 bits per heavy atom. The van der Waals surface area contributed by atoms with Gasteiger partial charge in [-0.2, -0.15) is 0 Å². The van der Waals surface area contributed by atoms with Crippen molar-refractivity contribution in [2.45, 2.75) is 51.5 Å². The Balaban J connectivity index is 1.90. The van der Waals surface area contributed by atoms with E-state index in [0.717, 1.165) is 18.5 Å². The predicted octanol–water partition coefficient (Wildman–Crippen LogP) is 3.96. The van der Waals surface area contributed by atoms with Crippen molar-refractivity contribution >= 4 is 0 Å². The van der Waals surface area contributed by atoms with E-state index in [0.29, 0.717) is 5.92 Å². The molecule has 94 valence electrons. The number of hydrogen-bond acceptors (Lipinski definition) is 1. The second kappa shape index (κ2) is 6.20. The second-order valence-electron chi connectivity index (χ2n) is 5.76. The molecular formula is C16H25N. The van der Waals surface area contributed by atoms with Crippen molar-refractivity contribution < 1.29 is 0 Å². The molecule has 1 unspecified atom stereocenters. The lowest BCUT2D eigenvalue weighted by molar-refractivity contribution is 0.475. The van der Waals surface area contributed by atoms with E-state index in [2.05, 4.69) is 49.5 Å². The first-order valence-electron chi connectivity index (χ1n) is 7.04. The molecule has 1 aromatic carbocycles. The van der Waals surface area contributed by atoms with Gasteiger partial charge in [0.1, 0.15) is 0 Å². The van der Waals surface area contributed by atoms with Crippen LogP contribution < -0.4 is 5.32 Å². The van der Waals surface area contributed by atoms with Crippen LogP contribution in [0.2, 0.25) is 0 Å². The van der Waals surface area contributed by atoms with Gasteiger partial charge in [0.05, 0.1) is 0 Å². The summed E-state index contributed by atoms with van der Waals surface area (Å²) in [5.41, 5.74) is 1.50. The van der Waals surface area contributed by atoms with Crippen LogP contribution in [0, 0.1) is 5.92 Å². The van der Waals surface area contributed by atoms with Crippen LogP contribution >= 0.6 is 0 Å². The van der Waals surface area contributed by atoms with Crippen molar-refractivity contribution in [3.05, 3.63) is 35.9 Å². The zero-order chi connectivity index (χ0) is 12.1. The van der Waals surface area contributed by atoms with E-state index in [1.54, 1.807) is 0 Å². The molecule has 1 atom stereocenters. The molecule has 0 heterocycles. The van der Waals surface area contributed by atoms with Gasteiger partial charge in [-0.3, -0.25) is 0 Å². The smallest absolute Gasteiger partial charge is 0.00684 e. The van der Waals surface area contributed by atoms with Crippen molar-refractivity contribution in [1.82, 2.24) is 5.32 Å². The Kier molecular flexibility index (Phi) is 4.61. The minimum absolute atomic E-state index is 0.694. The molecule has 1 aliphatic rings. The van der Waals surface area contributed by atoms with Gasteiger partial charge in [0.2, 0.25) is 0 Å². The molecular weight excluding hydrogens is 206 g/mol. The van der Waals surface area contributed by atoms with E-state index in [4.69, 9.17) is 0 Å². The van der Waals surface area contributed by atoms with Gasteiger partial charge in [-0.1, -0.05) is 50.6 Å². The van der Waals surface area contributed by atoms with Crippen molar-refractivity contribution in [2.75, 3.05) is 6.54 Å². The summed E-state index contributed by atoms with van der Waals surface area (Å²) in [6.07, 6.45) is 5.39. The van der Waals surface area contributed by atoms with Crippen LogP contribution in [-0.4, -0.2) is 12.6 Å². The molecule has 1 aromatic rings. The molecule has 0 spiro atoms. The van der Waals surface area contributed by atoms with Crippen LogP contribution in [0.4, 0.5) is 0 Å². The monoisotopic (exact) mass is 231 g/mol. The van der Waals surface area contributed by atoms with E-state index < -0.39 is 0 Å². The maximum Gasteiger partial charge on any atom is 0.00684 e. The lowest BCUT2D eigenvalue weighted by Crippen LogP contribution is -2.23. The van der Waals surface area contributed by atoms with Gasteiger partial charge in [-0.05, 0) is 36.7 Å². The fourth-order valence-electron chi connectivity index (χ4n) is 2.24. The molecule has 1 heteroatoms. The maximum atomic E-state index is 3.68. The standard InChI is InChI=1S/C16H25N/c1-13(2)8-9-15(12-17-16-10-11-16)14-6-4-3-5-7-14/h3-7,13,15-17H,8-12H2,1-2H3. The summed E-state index contributed by atoms with van der Waals surface area (Å²) in [6, 6.07) is 11.8. The molecule has 0 bridgehead atoms. The fraction of sp³-hybridized carbons (Fsp3) is 0.625. The Labute approximate surface area is 106 Å². The third-order valence-corrected chi connectivity index (χ3v) is 3.59. The summed E-state index contributed by atoms with van der Waals surface area (Å²) in [5.74, 6) is 1.50. The Morgan fingerprint density at radius 3 is 2.41 bits per heavy atom. The van der Waals surface area contributed by atoms with Gasteiger partial charge in [0.15, 0.2) is 0 Å². The van der Waals surface area contributed by atoms with E-state index in [1.165, 1.54) is 31.2 Å². The van der Waals surface area contributed by atoms with Crippen LogP contribution in [0.1, 0.15) is 51.0 Å². The van der Waals surface area contributed by atoms with Crippen LogP contribution in [0.15, 0.2) is 30.3 Å². The van der Waals surface area contributed by atoms with Gasteiger partial charge >= 0.3 is 0 Å². The lowest BCUT2D eigenvalue weighted by atomic mass is 9.91. The van der Waals surface area contributed by atoms with Crippen molar-refractivity contribution in [2.24, 2.45) is 5.92 Å². The van der Waals surface area contributed by atoms with Gasteiger partial charge < -0.3 is 5.32 Å². The van der Waals surface area contributed by atoms with E-state index in [9.17, 15) is 0 Å². The third-order valence-electron chi connectivity index (χ3n) is 3.59. The normalized spacial score (nSPS) is 17.4. The van der Waals surface area contributed by atoms with Crippen molar-refractivity contribution in [3.63, 3.8) is 0 Å². The molecule has 0 radical (unpaired) electrons. The van der Waals surface area contributed by atoms with Crippen LogP contribution in [0.5, 0.6) is 0 Å². The Bertz CT molecular complexity index is 308. The molecule has 1 fully saturated rings. The van der Waals surface area contributed by atoms with Crippen LogP contribution in [0.25, 0.3) is 0 Å². The minimum atomic E-state index is 0.694. The summed E-state index contributed by atoms with van der Waals surface area (Å²) < 4.78 is 0. The highest BCUT2D eigenvalue weighted by molar-refractivity contribution is 5.20. The van der Waals surface area contributed by atoms with Crippen LogP contribution in [-0.2, 0) is 0 Å². The SMILES string of the molecule is CC(C)CCC(CNC1CC1)c1ccccc1. The first kappa shape index (κ1) is 12.6. The summed E-state index contributed by atoms with van der Waals surface area (Å²) in [7, 11) is 0. The minimum Gasteiger partial charge on any atom is -0.313 e. The molecule has 0 aromatic heterocycles. The highest BCUT2D eigenvalue weighted by atomic mass is 14.9. The topological polar surface area (TPSA) is 12.0 Å². The Hall–Kier alpha value is -0.820. The zero-order valence-corrected chi connectivity index (χ0v) is 11.2. The number of hydrogen-bond donors (Lipinski definition) is 1. The van der Waals surface area contributed by atoms with Gasteiger partial charge in [-0.25, -0.2) is 0 Å². The summed E-state index contributed by atoms with van der Waals surface area (Å²) in [6.45, 7) is 5.79. The Morgan fingerprint density at radius 2 is 1.82 bits per heavy atom. The molecule has 0 aliphatic heterocycles. The average molecular weight is 231 g/mol. The zero-order valence-electron chi connectivity index (χ0n) is 11.2. The van der Waals surface area contributed by atoms with Gasteiger partial charge in [-0.15, -0.1) is 0 Å². The van der Waals surface area contributed by atoms with Gasteiger partial charge in [0.25, 0.3) is 0 Å². The van der Waals surface area contributed by atoms with Crippen LogP contribution in [0.3, 0.4) is 0 Å². The maximum absolute atomic E-state index is 3.68. The van der Waals surface area contributed by atoms with Crippen molar-refractivity contribution in [3.8, 4) is 0 Å². The quantitative estimate of drug-likeness (QED) is 0.749. The van der Waals surface area contributed by atoms with Gasteiger partial charge in [0, 0.05) is 12.6 Å². The number of nitrogens with one attached hydrogen (secondary N) is 1. The third kappa shape index (κ3) is 4.51. The van der Waals surface area contributed by atoms with E-state index >= 15 is 0 Å². The first-order chi connectivity index (χ1) is 8.25. The summed E-state index contributed by atoms with van der Waals surface area (Å²) in [4.78, 5) is 0. The molecule has 1 saturated carbocycles. The molecule has 0 saturated heterocycles. The fourth-order valence-corrected chi connectivity index (χ4v) is 2.24. The number of benzene rings is 1. The lowest BCUT2D eigenvalue weighted by Gasteiger charge is -2.19. The number of rotatable bonds is 7. The summed E-state index contributed by atoms with van der Waals surface area (Å²) in [5, 5.41) is 3.68. The molecule has 0 amide bonds. The molecule has 2 rings (SSSR count). The average Bonchev–Trinajstić information content (AvgIpc) is 3.14. The second-order valence-corrected chi connectivity index (χ2v) is 5.76. The molecule has 1 nitrogen and oxygen atoms in total. The highest BCUT2D eigenvalue weighted by Gasteiger charge is 2.22. The predicted molar refractivity (Wildman–Crippen MR) is 74.3 cm³/mol. The van der Waals surface area contributed by atoms with E-state index in [1.807, 2.05) is 0 Å². The van der Waals surface area contributed by atoms with E-state index in [-0.39, 0.29) is 0 Å². The first-order valence-corrected chi connectivity index (χ1v) is 7.04. The molecule has 1 aliphatic carbocycles.